The van der Waals surface area contributed by atoms with Gasteiger partial charge in [-0.05, 0) is 29.8 Å². The molecule has 2 heterocycles. The molecule has 0 aliphatic rings. The van der Waals surface area contributed by atoms with Crippen molar-refractivity contribution in [1.82, 2.24) is 9.38 Å². The number of carbonyl (C=O) groups is 1. The van der Waals surface area contributed by atoms with Gasteiger partial charge in [0.15, 0.2) is 5.69 Å². The normalized spacial score (nSPS) is 10.6. The minimum absolute atomic E-state index is 0.0177. The van der Waals surface area contributed by atoms with E-state index in [2.05, 4.69) is 4.98 Å². The number of nitrogens with zero attached hydrogens (tertiary/aromatic N) is 2. The number of imidazole rings is 1. The third-order valence-corrected chi connectivity index (χ3v) is 3.24. The van der Waals surface area contributed by atoms with Crippen LogP contribution in [0.15, 0.2) is 48.7 Å². The molecule has 3 rings (SSSR count). The topological polar surface area (TPSA) is 73.1 Å². The van der Waals surface area contributed by atoms with Crippen LogP contribution in [0.2, 0.25) is 0 Å². The van der Waals surface area contributed by atoms with Crippen molar-refractivity contribution >= 4 is 11.6 Å². The molecule has 0 saturated heterocycles. The molecular formula is C16H14N2O4. The van der Waals surface area contributed by atoms with Crippen LogP contribution in [0, 0.1) is 0 Å². The summed E-state index contributed by atoms with van der Waals surface area (Å²) in [7, 11) is 1.60. The second-order valence-electron chi connectivity index (χ2n) is 4.64. The lowest BCUT2D eigenvalue weighted by molar-refractivity contribution is 0.0683. The molecule has 0 atom stereocenters. The minimum atomic E-state index is -1.08. The zero-order chi connectivity index (χ0) is 15.5. The third-order valence-electron chi connectivity index (χ3n) is 3.24. The van der Waals surface area contributed by atoms with E-state index in [0.717, 1.165) is 11.3 Å². The van der Waals surface area contributed by atoms with Crippen LogP contribution in [0.4, 0.5) is 0 Å². The van der Waals surface area contributed by atoms with E-state index in [1.807, 2.05) is 24.3 Å². The van der Waals surface area contributed by atoms with E-state index < -0.39 is 5.97 Å². The van der Waals surface area contributed by atoms with Gasteiger partial charge in [0.1, 0.15) is 18.0 Å². The van der Waals surface area contributed by atoms with Crippen LogP contribution in [-0.4, -0.2) is 27.6 Å². The molecule has 0 amide bonds. The Bertz CT molecular complexity index is 809. The van der Waals surface area contributed by atoms with Crippen molar-refractivity contribution in [2.75, 3.05) is 7.11 Å². The fraction of sp³-hybridized carbons (Fsp3) is 0.125. The molecule has 22 heavy (non-hydrogen) atoms. The summed E-state index contributed by atoms with van der Waals surface area (Å²) in [6, 6.07) is 12.6. The van der Waals surface area contributed by atoms with E-state index in [1.54, 1.807) is 31.5 Å². The van der Waals surface area contributed by atoms with Gasteiger partial charge in [0.2, 0.25) is 5.88 Å². The van der Waals surface area contributed by atoms with Gasteiger partial charge < -0.3 is 14.6 Å². The van der Waals surface area contributed by atoms with Gasteiger partial charge in [0.05, 0.1) is 7.11 Å². The number of benzene rings is 1. The van der Waals surface area contributed by atoms with Crippen LogP contribution in [0.5, 0.6) is 11.6 Å². The highest BCUT2D eigenvalue weighted by atomic mass is 16.5. The summed E-state index contributed by atoms with van der Waals surface area (Å²) >= 11 is 0. The van der Waals surface area contributed by atoms with Crippen molar-refractivity contribution in [2.45, 2.75) is 6.61 Å². The summed E-state index contributed by atoms with van der Waals surface area (Å²) in [6.45, 7) is 0.230. The SMILES string of the molecule is COc1ccc(COc2nc3ccccn3c2C(=O)O)cc1. The maximum atomic E-state index is 11.4. The molecule has 0 unspecified atom stereocenters. The summed E-state index contributed by atoms with van der Waals surface area (Å²) in [5.41, 5.74) is 1.45. The quantitative estimate of drug-likeness (QED) is 0.784. The molecule has 1 N–H and O–H groups in total. The average molecular weight is 298 g/mol. The van der Waals surface area contributed by atoms with Crippen LogP contribution in [0.3, 0.4) is 0 Å². The van der Waals surface area contributed by atoms with E-state index in [4.69, 9.17) is 9.47 Å². The van der Waals surface area contributed by atoms with E-state index >= 15 is 0 Å². The predicted molar refractivity (Wildman–Crippen MR) is 79.5 cm³/mol. The van der Waals surface area contributed by atoms with Gasteiger partial charge in [-0.25, -0.2) is 4.79 Å². The number of carboxylic acids is 1. The monoisotopic (exact) mass is 298 g/mol. The number of rotatable bonds is 5. The lowest BCUT2D eigenvalue weighted by atomic mass is 10.2. The Morgan fingerprint density at radius 2 is 2.00 bits per heavy atom. The van der Waals surface area contributed by atoms with Gasteiger partial charge >= 0.3 is 5.97 Å². The molecule has 0 aliphatic heterocycles. The first-order valence-corrected chi connectivity index (χ1v) is 6.65. The maximum Gasteiger partial charge on any atom is 0.358 e. The van der Waals surface area contributed by atoms with Gasteiger partial charge in [-0.15, -0.1) is 0 Å². The number of hydrogen-bond acceptors (Lipinski definition) is 4. The highest BCUT2D eigenvalue weighted by Gasteiger charge is 2.19. The van der Waals surface area contributed by atoms with Crippen LogP contribution in [0.1, 0.15) is 16.1 Å². The molecule has 0 radical (unpaired) electrons. The molecular weight excluding hydrogens is 284 g/mol. The zero-order valence-electron chi connectivity index (χ0n) is 11.9. The molecule has 3 aromatic rings. The molecule has 0 bridgehead atoms. The molecule has 1 aromatic carbocycles. The van der Waals surface area contributed by atoms with Gasteiger partial charge in [0, 0.05) is 6.20 Å². The largest absolute Gasteiger partial charge is 0.497 e. The van der Waals surface area contributed by atoms with Crippen LogP contribution >= 0.6 is 0 Å². The first kappa shape index (κ1) is 13.9. The number of aromatic nitrogens is 2. The van der Waals surface area contributed by atoms with Crippen molar-refractivity contribution in [3.05, 3.63) is 59.9 Å². The summed E-state index contributed by atoms with van der Waals surface area (Å²) in [6.07, 6.45) is 1.64. The van der Waals surface area contributed by atoms with Gasteiger partial charge in [-0.1, -0.05) is 18.2 Å². The summed E-state index contributed by atoms with van der Waals surface area (Å²) in [5, 5.41) is 9.36. The fourth-order valence-electron chi connectivity index (χ4n) is 2.14. The molecule has 0 fully saturated rings. The number of pyridine rings is 1. The first-order valence-electron chi connectivity index (χ1n) is 6.65. The van der Waals surface area contributed by atoms with Gasteiger partial charge in [-0.2, -0.15) is 4.98 Å². The molecule has 2 aromatic heterocycles. The predicted octanol–water partition coefficient (Wildman–Crippen LogP) is 2.62. The Balaban J connectivity index is 1.86. The number of aromatic carboxylic acids is 1. The van der Waals surface area contributed by atoms with Gasteiger partial charge in [0.25, 0.3) is 0 Å². The van der Waals surface area contributed by atoms with Crippen molar-refractivity contribution in [3.63, 3.8) is 0 Å². The average Bonchev–Trinajstić information content (AvgIpc) is 2.92. The van der Waals surface area contributed by atoms with Crippen molar-refractivity contribution < 1.29 is 19.4 Å². The highest BCUT2D eigenvalue weighted by molar-refractivity contribution is 5.89. The number of ether oxygens (including phenoxy) is 2. The fourth-order valence-corrected chi connectivity index (χ4v) is 2.14. The number of methoxy groups -OCH3 is 1. The molecule has 0 aliphatic carbocycles. The van der Waals surface area contributed by atoms with Gasteiger partial charge in [-0.3, -0.25) is 4.40 Å². The van der Waals surface area contributed by atoms with E-state index in [9.17, 15) is 9.90 Å². The lowest BCUT2D eigenvalue weighted by Gasteiger charge is -2.05. The smallest absolute Gasteiger partial charge is 0.358 e. The Morgan fingerprint density at radius 3 is 2.68 bits per heavy atom. The van der Waals surface area contributed by atoms with Crippen molar-refractivity contribution in [3.8, 4) is 11.6 Å². The number of carboxylic acid groups (broad SMARTS) is 1. The third kappa shape index (κ3) is 2.58. The lowest BCUT2D eigenvalue weighted by Crippen LogP contribution is -2.05. The Morgan fingerprint density at radius 1 is 1.23 bits per heavy atom. The molecule has 6 nitrogen and oxygen atoms in total. The number of fused-ring (bicyclic) bond motifs is 1. The van der Waals surface area contributed by atoms with Crippen LogP contribution < -0.4 is 9.47 Å². The minimum Gasteiger partial charge on any atom is -0.497 e. The first-order chi connectivity index (χ1) is 10.7. The van der Waals surface area contributed by atoms with E-state index in [1.165, 1.54) is 4.40 Å². The Hall–Kier alpha value is -3.02. The summed E-state index contributed by atoms with van der Waals surface area (Å²) < 4.78 is 12.2. The second kappa shape index (κ2) is 5.77. The Kier molecular flexibility index (Phi) is 3.65. The van der Waals surface area contributed by atoms with Crippen LogP contribution in [-0.2, 0) is 6.61 Å². The van der Waals surface area contributed by atoms with Crippen molar-refractivity contribution in [1.29, 1.82) is 0 Å². The standard InChI is InChI=1S/C16H14N2O4/c1-21-12-7-5-11(6-8-12)10-22-15-14(16(19)20)18-9-3-2-4-13(18)17-15/h2-9H,10H2,1H3,(H,19,20). The highest BCUT2D eigenvalue weighted by Crippen LogP contribution is 2.21. The van der Waals surface area contributed by atoms with E-state index in [-0.39, 0.29) is 18.2 Å². The zero-order valence-corrected chi connectivity index (χ0v) is 11.9. The molecule has 0 saturated carbocycles. The Labute approximate surface area is 126 Å². The van der Waals surface area contributed by atoms with Crippen molar-refractivity contribution in [2.24, 2.45) is 0 Å². The molecule has 0 spiro atoms. The molecule has 6 heteroatoms. The summed E-state index contributed by atoms with van der Waals surface area (Å²) in [5.74, 6) is -0.222. The second-order valence-corrected chi connectivity index (χ2v) is 4.64. The van der Waals surface area contributed by atoms with E-state index in [0.29, 0.717) is 5.65 Å². The summed E-state index contributed by atoms with van der Waals surface area (Å²) in [4.78, 5) is 15.7. The van der Waals surface area contributed by atoms with Crippen LogP contribution in [0.25, 0.3) is 5.65 Å². The maximum absolute atomic E-state index is 11.4. The molecule has 112 valence electrons. The number of hydrogen-bond donors (Lipinski definition) is 1.